The summed E-state index contributed by atoms with van der Waals surface area (Å²) in [6, 6.07) is 15.3. The highest BCUT2D eigenvalue weighted by Gasteiger charge is 2.19. The molecule has 2 heterocycles. The fraction of sp³-hybridized carbons (Fsp3) is 0.381. The van der Waals surface area contributed by atoms with Gasteiger partial charge in [0.15, 0.2) is 0 Å². The van der Waals surface area contributed by atoms with Crippen molar-refractivity contribution < 1.29 is 4.74 Å². The molecule has 0 radical (unpaired) electrons. The smallest absolute Gasteiger partial charge is 0.119 e. The van der Waals surface area contributed by atoms with Crippen molar-refractivity contribution in [3.05, 3.63) is 48.3 Å². The number of nitrogens with one attached hydrogen (secondary N) is 1. The zero-order chi connectivity index (χ0) is 17.2. The van der Waals surface area contributed by atoms with E-state index in [0.29, 0.717) is 6.04 Å². The topological polar surface area (TPSA) is 41.1 Å². The van der Waals surface area contributed by atoms with Gasteiger partial charge in [-0.15, -0.1) is 0 Å². The average Bonchev–Trinajstić information content (AvgIpc) is 3.24. The summed E-state index contributed by atoms with van der Waals surface area (Å²) in [6.07, 6.45) is 3.63. The number of aromatic amines is 1. The number of nitrogens with zero attached hydrogens (tertiary/aromatic N) is 2. The van der Waals surface area contributed by atoms with Crippen LogP contribution in [-0.4, -0.2) is 41.1 Å². The van der Waals surface area contributed by atoms with E-state index in [1.165, 1.54) is 24.9 Å². The van der Waals surface area contributed by atoms with E-state index in [1.54, 1.807) is 7.11 Å². The highest BCUT2D eigenvalue weighted by molar-refractivity contribution is 5.82. The van der Waals surface area contributed by atoms with Gasteiger partial charge < -0.3 is 14.6 Å². The van der Waals surface area contributed by atoms with Gasteiger partial charge in [-0.25, -0.2) is 4.98 Å². The molecule has 1 N–H and O–H groups in total. The summed E-state index contributed by atoms with van der Waals surface area (Å²) in [5, 5.41) is 0. The largest absolute Gasteiger partial charge is 0.497 e. The summed E-state index contributed by atoms with van der Waals surface area (Å²) in [7, 11) is 1.70. The number of H-pyrrole nitrogens is 1. The Morgan fingerprint density at radius 1 is 1.20 bits per heavy atom. The van der Waals surface area contributed by atoms with Crippen molar-refractivity contribution in [3.8, 4) is 16.9 Å². The number of imidazole rings is 1. The van der Waals surface area contributed by atoms with Crippen molar-refractivity contribution in [2.75, 3.05) is 20.2 Å². The molecule has 0 aliphatic carbocycles. The van der Waals surface area contributed by atoms with Gasteiger partial charge in [-0.1, -0.05) is 18.2 Å². The van der Waals surface area contributed by atoms with E-state index in [4.69, 9.17) is 9.72 Å². The minimum Gasteiger partial charge on any atom is -0.497 e. The van der Waals surface area contributed by atoms with E-state index in [2.05, 4.69) is 47.1 Å². The molecule has 0 spiro atoms. The third-order valence-electron chi connectivity index (χ3n) is 5.26. The molecule has 0 amide bonds. The molecule has 4 nitrogen and oxygen atoms in total. The molecule has 3 aromatic rings. The Labute approximate surface area is 148 Å². The first-order valence-corrected chi connectivity index (χ1v) is 9.10. The van der Waals surface area contributed by atoms with Crippen LogP contribution in [0, 0.1) is 0 Å². The van der Waals surface area contributed by atoms with E-state index >= 15 is 0 Å². The molecule has 25 heavy (non-hydrogen) atoms. The van der Waals surface area contributed by atoms with Gasteiger partial charge in [0.25, 0.3) is 0 Å². The quantitative estimate of drug-likeness (QED) is 0.757. The van der Waals surface area contributed by atoms with Gasteiger partial charge in [0.2, 0.25) is 0 Å². The lowest BCUT2D eigenvalue weighted by molar-refractivity contribution is 0.271. The lowest BCUT2D eigenvalue weighted by atomic mass is 10.1. The van der Waals surface area contributed by atoms with Crippen LogP contribution in [0.25, 0.3) is 22.2 Å². The van der Waals surface area contributed by atoms with E-state index in [1.807, 2.05) is 12.1 Å². The first kappa shape index (κ1) is 16.2. The third-order valence-corrected chi connectivity index (χ3v) is 5.26. The normalized spacial score (nSPS) is 18.1. The number of fused-ring (bicyclic) bond motifs is 1. The molecule has 4 heteroatoms. The first-order chi connectivity index (χ1) is 12.2. The highest BCUT2D eigenvalue weighted by atomic mass is 16.5. The monoisotopic (exact) mass is 335 g/mol. The van der Waals surface area contributed by atoms with Crippen LogP contribution in [0.4, 0.5) is 0 Å². The molecule has 0 bridgehead atoms. The highest BCUT2D eigenvalue weighted by Crippen LogP contribution is 2.26. The van der Waals surface area contributed by atoms with Gasteiger partial charge in [0, 0.05) is 19.0 Å². The standard InChI is InChI=1S/C21H25N3O/c1-15-5-4-11-24(15)12-10-21-22-19-9-8-17(14-20(19)23-21)16-6-3-7-18(13-16)25-2/h3,6-9,13-15H,4-5,10-12H2,1-2H3,(H,22,23). The maximum absolute atomic E-state index is 5.33. The summed E-state index contributed by atoms with van der Waals surface area (Å²) in [5.41, 5.74) is 4.47. The van der Waals surface area contributed by atoms with Gasteiger partial charge in [0.05, 0.1) is 18.1 Å². The van der Waals surface area contributed by atoms with Crippen LogP contribution in [-0.2, 0) is 6.42 Å². The average molecular weight is 335 g/mol. The number of hydrogen-bond donors (Lipinski definition) is 1. The minimum atomic E-state index is 0.712. The van der Waals surface area contributed by atoms with Gasteiger partial charge in [-0.2, -0.15) is 0 Å². The Morgan fingerprint density at radius 3 is 2.88 bits per heavy atom. The van der Waals surface area contributed by atoms with Crippen LogP contribution < -0.4 is 4.74 Å². The van der Waals surface area contributed by atoms with Crippen LogP contribution in [0.2, 0.25) is 0 Å². The molecule has 1 aliphatic rings. The summed E-state index contributed by atoms with van der Waals surface area (Å²) < 4.78 is 5.33. The second-order valence-electron chi connectivity index (χ2n) is 6.92. The lowest BCUT2D eigenvalue weighted by Gasteiger charge is -2.19. The molecule has 0 saturated carbocycles. The third kappa shape index (κ3) is 3.40. The Morgan fingerprint density at radius 2 is 2.08 bits per heavy atom. The van der Waals surface area contributed by atoms with Crippen molar-refractivity contribution in [2.45, 2.75) is 32.2 Å². The molecule has 130 valence electrons. The fourth-order valence-corrected chi connectivity index (χ4v) is 3.74. The molecular formula is C21H25N3O. The van der Waals surface area contributed by atoms with Crippen molar-refractivity contribution in [2.24, 2.45) is 0 Å². The van der Waals surface area contributed by atoms with E-state index in [9.17, 15) is 0 Å². The Balaban J connectivity index is 1.54. The van der Waals surface area contributed by atoms with Gasteiger partial charge in [-0.05, 0) is 61.7 Å². The first-order valence-electron chi connectivity index (χ1n) is 9.10. The van der Waals surface area contributed by atoms with Crippen LogP contribution in [0.5, 0.6) is 5.75 Å². The maximum Gasteiger partial charge on any atom is 0.119 e. The molecule has 4 rings (SSSR count). The zero-order valence-corrected chi connectivity index (χ0v) is 15.0. The van der Waals surface area contributed by atoms with Crippen molar-refractivity contribution in [1.29, 1.82) is 0 Å². The fourth-order valence-electron chi connectivity index (χ4n) is 3.74. The molecule has 1 aromatic heterocycles. The Hall–Kier alpha value is -2.33. The minimum absolute atomic E-state index is 0.712. The van der Waals surface area contributed by atoms with E-state index < -0.39 is 0 Å². The number of hydrogen-bond acceptors (Lipinski definition) is 3. The van der Waals surface area contributed by atoms with Crippen LogP contribution in [0.3, 0.4) is 0 Å². The predicted octanol–water partition coefficient (Wildman–Crippen LogP) is 4.27. The second kappa shape index (κ2) is 6.89. The van der Waals surface area contributed by atoms with Crippen molar-refractivity contribution >= 4 is 11.0 Å². The number of methoxy groups -OCH3 is 1. The zero-order valence-electron chi connectivity index (χ0n) is 15.0. The summed E-state index contributed by atoms with van der Waals surface area (Å²) >= 11 is 0. The lowest BCUT2D eigenvalue weighted by Crippen LogP contribution is -2.29. The SMILES string of the molecule is COc1cccc(-c2ccc3nc(CCN4CCCC4C)[nH]c3c2)c1. The summed E-state index contributed by atoms with van der Waals surface area (Å²) in [6.45, 7) is 4.64. The van der Waals surface area contributed by atoms with E-state index in [0.717, 1.165) is 41.1 Å². The van der Waals surface area contributed by atoms with Crippen LogP contribution >= 0.6 is 0 Å². The maximum atomic E-state index is 5.33. The molecular weight excluding hydrogens is 310 g/mol. The Bertz CT molecular complexity index is 870. The predicted molar refractivity (Wildman–Crippen MR) is 102 cm³/mol. The number of ether oxygens (including phenoxy) is 1. The van der Waals surface area contributed by atoms with Crippen molar-refractivity contribution in [3.63, 3.8) is 0 Å². The number of benzene rings is 2. The van der Waals surface area contributed by atoms with Crippen molar-refractivity contribution in [1.82, 2.24) is 14.9 Å². The van der Waals surface area contributed by atoms with Gasteiger partial charge in [0.1, 0.15) is 11.6 Å². The molecule has 1 saturated heterocycles. The molecule has 1 atom stereocenters. The second-order valence-corrected chi connectivity index (χ2v) is 6.92. The number of likely N-dealkylation sites (tertiary alicyclic amines) is 1. The molecule has 1 aliphatic heterocycles. The van der Waals surface area contributed by atoms with Crippen LogP contribution in [0.1, 0.15) is 25.6 Å². The number of rotatable bonds is 5. The summed E-state index contributed by atoms with van der Waals surface area (Å²) in [4.78, 5) is 10.8. The van der Waals surface area contributed by atoms with Gasteiger partial charge in [-0.3, -0.25) is 0 Å². The molecule has 1 fully saturated rings. The Kier molecular flexibility index (Phi) is 4.45. The molecule has 1 unspecified atom stereocenters. The van der Waals surface area contributed by atoms with E-state index in [-0.39, 0.29) is 0 Å². The van der Waals surface area contributed by atoms with Gasteiger partial charge >= 0.3 is 0 Å². The van der Waals surface area contributed by atoms with Crippen LogP contribution in [0.15, 0.2) is 42.5 Å². The summed E-state index contributed by atoms with van der Waals surface area (Å²) in [5.74, 6) is 1.96. The molecule has 2 aromatic carbocycles. The number of aromatic nitrogens is 2.